The Labute approximate surface area is 178 Å². The van der Waals surface area contributed by atoms with Crippen molar-refractivity contribution in [2.24, 2.45) is 9.98 Å². The molecule has 0 atom stereocenters. The molecule has 0 radical (unpaired) electrons. The van der Waals surface area contributed by atoms with Gasteiger partial charge in [-0.3, -0.25) is 0 Å². The normalized spacial score (nSPS) is 18.6. The van der Waals surface area contributed by atoms with Crippen molar-refractivity contribution in [1.29, 1.82) is 0 Å². The lowest BCUT2D eigenvalue weighted by Crippen LogP contribution is -2.16. The number of rotatable bonds is 2. The maximum Gasteiger partial charge on any atom is 0.129 e. The van der Waals surface area contributed by atoms with Crippen LogP contribution >= 0.6 is 23.5 Å². The number of hydrogen-bond donors (Lipinski definition) is 0. The maximum atomic E-state index is 5.08. The second-order valence-electron chi connectivity index (χ2n) is 9.07. The number of para-hydroxylation sites is 2. The van der Waals surface area contributed by atoms with Gasteiger partial charge in [0.05, 0.1) is 11.4 Å². The van der Waals surface area contributed by atoms with Gasteiger partial charge >= 0.3 is 0 Å². The summed E-state index contributed by atoms with van der Waals surface area (Å²) in [5.41, 5.74) is 4.77. The summed E-state index contributed by atoms with van der Waals surface area (Å²) in [6.45, 7) is 13.4. The molecular weight excluding hydrogens is 380 g/mol. The lowest BCUT2D eigenvalue weighted by molar-refractivity contribution is 0.591. The summed E-state index contributed by atoms with van der Waals surface area (Å²) in [7, 11) is 0. The van der Waals surface area contributed by atoms with E-state index in [1.54, 1.807) is 0 Å². The Morgan fingerprint density at radius 2 is 0.964 bits per heavy atom. The molecular formula is C24H30N2S2. The average Bonchev–Trinajstić information content (AvgIpc) is 2.62. The zero-order valence-corrected chi connectivity index (χ0v) is 19.4. The Balaban J connectivity index is 2.06. The monoisotopic (exact) mass is 410 g/mol. The van der Waals surface area contributed by atoms with Gasteiger partial charge in [0.25, 0.3) is 0 Å². The lowest BCUT2D eigenvalue weighted by atomic mass is 9.86. The Bertz CT molecular complexity index is 824. The van der Waals surface area contributed by atoms with Gasteiger partial charge in [-0.15, -0.1) is 23.5 Å². The molecule has 2 aromatic rings. The smallest absolute Gasteiger partial charge is 0.129 e. The Morgan fingerprint density at radius 1 is 0.607 bits per heavy atom. The molecule has 1 fully saturated rings. The summed E-state index contributed by atoms with van der Waals surface area (Å²) in [4.78, 5) is 10.2. The van der Waals surface area contributed by atoms with Crippen molar-refractivity contribution in [3.05, 3.63) is 59.7 Å². The van der Waals surface area contributed by atoms with Crippen LogP contribution in [0.15, 0.2) is 58.5 Å². The number of benzene rings is 2. The molecule has 0 amide bonds. The van der Waals surface area contributed by atoms with Crippen LogP contribution in [0.5, 0.6) is 0 Å². The molecule has 2 aromatic carbocycles. The Kier molecular flexibility index (Phi) is 6.41. The molecule has 0 aromatic heterocycles. The number of thioether (sulfide) groups is 2. The van der Waals surface area contributed by atoms with Gasteiger partial charge in [0.1, 0.15) is 10.1 Å². The van der Waals surface area contributed by atoms with Crippen LogP contribution in [0.1, 0.15) is 52.7 Å². The van der Waals surface area contributed by atoms with Crippen molar-refractivity contribution < 1.29 is 0 Å². The van der Waals surface area contributed by atoms with Crippen molar-refractivity contribution in [3.63, 3.8) is 0 Å². The maximum absolute atomic E-state index is 5.08. The fourth-order valence-electron chi connectivity index (χ4n) is 3.19. The van der Waals surface area contributed by atoms with Gasteiger partial charge in [0, 0.05) is 11.5 Å². The summed E-state index contributed by atoms with van der Waals surface area (Å²) in [5.74, 6) is 2.14. The van der Waals surface area contributed by atoms with Crippen molar-refractivity contribution in [3.8, 4) is 0 Å². The minimum atomic E-state index is 0.0588. The molecule has 0 spiro atoms. The van der Waals surface area contributed by atoms with Gasteiger partial charge in [-0.2, -0.15) is 0 Å². The molecule has 1 aliphatic heterocycles. The molecule has 0 N–H and O–H groups in total. The van der Waals surface area contributed by atoms with Crippen LogP contribution in [0.25, 0.3) is 0 Å². The van der Waals surface area contributed by atoms with E-state index < -0.39 is 0 Å². The first-order valence-electron chi connectivity index (χ1n) is 9.78. The first kappa shape index (κ1) is 21.2. The van der Waals surface area contributed by atoms with Gasteiger partial charge in [-0.25, -0.2) is 9.98 Å². The number of nitrogens with zero attached hydrogens (tertiary/aromatic N) is 2. The quantitative estimate of drug-likeness (QED) is 0.511. The average molecular weight is 411 g/mol. The van der Waals surface area contributed by atoms with Crippen LogP contribution in [0.2, 0.25) is 0 Å². The number of hydrogen-bond acceptors (Lipinski definition) is 4. The largest absolute Gasteiger partial charge is 0.239 e. The first-order valence-corrected chi connectivity index (χ1v) is 11.8. The van der Waals surface area contributed by atoms with Gasteiger partial charge in [-0.1, -0.05) is 77.9 Å². The van der Waals surface area contributed by atoms with Crippen LogP contribution in [-0.4, -0.2) is 21.6 Å². The van der Waals surface area contributed by atoms with E-state index in [0.717, 1.165) is 33.0 Å². The molecule has 148 valence electrons. The second kappa shape index (κ2) is 8.46. The zero-order chi connectivity index (χ0) is 20.4. The highest BCUT2D eigenvalue weighted by Gasteiger charge is 2.22. The molecule has 28 heavy (non-hydrogen) atoms. The van der Waals surface area contributed by atoms with E-state index in [9.17, 15) is 0 Å². The predicted octanol–water partition coefficient (Wildman–Crippen LogP) is 7.52. The van der Waals surface area contributed by atoms with Crippen LogP contribution < -0.4 is 0 Å². The molecule has 0 saturated carbocycles. The Morgan fingerprint density at radius 3 is 1.32 bits per heavy atom. The standard InChI is InChI=1S/C24H30N2S2/c1-23(2,3)17-11-7-9-13-19(17)25-21-22(28-16-15-27-21)26-20-14-10-8-12-18(20)24(4,5)6/h7-14H,15-16H2,1-6H3/b25-21-,26-22+. The van der Waals surface area contributed by atoms with E-state index in [4.69, 9.17) is 9.98 Å². The molecule has 0 aliphatic carbocycles. The third kappa shape index (κ3) is 5.09. The minimum absolute atomic E-state index is 0.0588. The van der Waals surface area contributed by atoms with Crippen molar-refractivity contribution in [2.75, 3.05) is 11.5 Å². The summed E-state index contributed by atoms with van der Waals surface area (Å²) >= 11 is 3.63. The zero-order valence-electron chi connectivity index (χ0n) is 17.7. The molecule has 1 heterocycles. The predicted molar refractivity (Wildman–Crippen MR) is 129 cm³/mol. The third-order valence-corrected chi connectivity index (χ3v) is 6.93. The van der Waals surface area contributed by atoms with Crippen LogP contribution in [0, 0.1) is 0 Å². The summed E-state index contributed by atoms with van der Waals surface area (Å²) < 4.78 is 0. The second-order valence-corrected chi connectivity index (χ2v) is 11.2. The third-order valence-electron chi connectivity index (χ3n) is 4.61. The van der Waals surface area contributed by atoms with E-state index in [2.05, 4.69) is 90.1 Å². The van der Waals surface area contributed by atoms with Gasteiger partial charge in [0.2, 0.25) is 0 Å². The van der Waals surface area contributed by atoms with Crippen molar-refractivity contribution in [1.82, 2.24) is 0 Å². The van der Waals surface area contributed by atoms with E-state index in [0.29, 0.717) is 0 Å². The van der Waals surface area contributed by atoms with Gasteiger partial charge in [0.15, 0.2) is 0 Å². The first-order chi connectivity index (χ1) is 13.2. The highest BCUT2D eigenvalue weighted by atomic mass is 32.2. The summed E-state index contributed by atoms with van der Waals surface area (Å²) in [6.07, 6.45) is 0. The van der Waals surface area contributed by atoms with Crippen molar-refractivity contribution >= 4 is 45.0 Å². The van der Waals surface area contributed by atoms with E-state index in [1.165, 1.54) is 11.1 Å². The van der Waals surface area contributed by atoms with Crippen LogP contribution in [0.3, 0.4) is 0 Å². The molecule has 4 heteroatoms. The minimum Gasteiger partial charge on any atom is -0.239 e. The summed E-state index contributed by atoms with van der Waals surface area (Å²) in [5, 5.41) is 2.08. The van der Waals surface area contributed by atoms with E-state index in [-0.39, 0.29) is 10.8 Å². The molecule has 1 aliphatic rings. The van der Waals surface area contributed by atoms with Crippen LogP contribution in [0.4, 0.5) is 11.4 Å². The topological polar surface area (TPSA) is 24.7 Å². The van der Waals surface area contributed by atoms with Crippen molar-refractivity contribution in [2.45, 2.75) is 52.4 Å². The highest BCUT2D eigenvalue weighted by molar-refractivity contribution is 8.27. The fourth-order valence-corrected chi connectivity index (χ4v) is 5.26. The summed E-state index contributed by atoms with van der Waals surface area (Å²) in [6, 6.07) is 16.9. The van der Waals surface area contributed by atoms with E-state index in [1.807, 2.05) is 23.5 Å². The molecule has 0 unspecified atom stereocenters. The SMILES string of the molecule is CC(C)(C)c1ccccc1/N=C1\SCCS\C1=N\c1ccccc1C(C)(C)C. The van der Waals surface area contributed by atoms with Crippen LogP contribution in [-0.2, 0) is 10.8 Å². The van der Waals surface area contributed by atoms with E-state index >= 15 is 0 Å². The molecule has 2 nitrogen and oxygen atoms in total. The lowest BCUT2D eigenvalue weighted by Gasteiger charge is -2.23. The molecule has 1 saturated heterocycles. The highest BCUT2D eigenvalue weighted by Crippen LogP contribution is 2.36. The van der Waals surface area contributed by atoms with Gasteiger partial charge < -0.3 is 0 Å². The molecule has 3 rings (SSSR count). The molecule has 0 bridgehead atoms. The Hall–Kier alpha value is -1.52. The van der Waals surface area contributed by atoms with Gasteiger partial charge in [-0.05, 0) is 34.1 Å². The number of aliphatic imine (C=N–C) groups is 2. The fraction of sp³-hybridized carbons (Fsp3) is 0.417.